The number of ether oxygens (including phenoxy) is 2. The van der Waals surface area contributed by atoms with Crippen molar-refractivity contribution in [2.75, 3.05) is 52.8 Å². The number of allylic oxidation sites excluding steroid dienone is 2. The molecule has 2 aromatic carbocycles. The molecule has 3 amide bonds. The van der Waals surface area contributed by atoms with Gasteiger partial charge in [-0.3, -0.25) is 15.1 Å². The Morgan fingerprint density at radius 1 is 1.13 bits per heavy atom. The zero-order valence-electron chi connectivity index (χ0n) is 23.5. The number of anilines is 1. The highest BCUT2D eigenvalue weighted by molar-refractivity contribution is 6.45. The Labute approximate surface area is 230 Å². The molecule has 2 heterocycles. The molecule has 1 fully saturated rings. The number of benzene rings is 2. The van der Waals surface area contributed by atoms with Crippen molar-refractivity contribution in [2.45, 2.75) is 39.2 Å². The predicted octanol–water partition coefficient (Wildman–Crippen LogP) is 4.68. The standard InChI is InChI=1S/C30H39N5O4/c1-6-33-14-15-34(29(36)28(31)24-11-7-8-12-25(24)32-3)13-9-10-22-16-20(2)27-21(19-35(22)30(33)37)17-23(38-4)18-26(27)39-5/h7-8,11-12,16-18,20,31-32H,6,9-10,13-15,19H2,1-5H3/t20-/m0/s1. The molecule has 0 saturated carbocycles. The van der Waals surface area contributed by atoms with E-state index in [1.54, 1.807) is 37.1 Å². The van der Waals surface area contributed by atoms with Gasteiger partial charge in [0.1, 0.15) is 17.2 Å². The molecule has 2 aliphatic heterocycles. The molecular weight excluding hydrogens is 494 g/mol. The van der Waals surface area contributed by atoms with Gasteiger partial charge in [-0.05, 0) is 37.5 Å². The zero-order valence-corrected chi connectivity index (χ0v) is 23.5. The minimum atomic E-state index is -0.328. The summed E-state index contributed by atoms with van der Waals surface area (Å²) in [6.07, 6.45) is 3.45. The molecule has 39 heavy (non-hydrogen) atoms. The summed E-state index contributed by atoms with van der Waals surface area (Å²) >= 11 is 0. The van der Waals surface area contributed by atoms with E-state index in [0.717, 1.165) is 28.3 Å². The summed E-state index contributed by atoms with van der Waals surface area (Å²) in [5.41, 5.74) is 4.25. The van der Waals surface area contributed by atoms with Gasteiger partial charge in [0.05, 0.1) is 20.8 Å². The van der Waals surface area contributed by atoms with Gasteiger partial charge in [-0.15, -0.1) is 0 Å². The summed E-state index contributed by atoms with van der Waals surface area (Å²) in [5, 5.41) is 11.7. The summed E-state index contributed by atoms with van der Waals surface area (Å²) in [7, 11) is 5.06. The molecule has 9 nitrogen and oxygen atoms in total. The van der Waals surface area contributed by atoms with Crippen LogP contribution >= 0.6 is 0 Å². The van der Waals surface area contributed by atoms with Crippen LogP contribution in [0.3, 0.4) is 0 Å². The molecule has 1 saturated heterocycles. The topological polar surface area (TPSA) is 98.2 Å². The molecule has 0 spiro atoms. The molecule has 9 heteroatoms. The molecule has 2 aromatic rings. The predicted molar refractivity (Wildman–Crippen MR) is 153 cm³/mol. The van der Waals surface area contributed by atoms with Crippen molar-refractivity contribution >= 4 is 23.3 Å². The second-order valence-corrected chi connectivity index (χ2v) is 9.86. The highest BCUT2D eigenvalue weighted by atomic mass is 16.5. The fraction of sp³-hybridized carbons (Fsp3) is 0.433. The van der Waals surface area contributed by atoms with Crippen LogP contribution in [0, 0.1) is 5.41 Å². The smallest absolute Gasteiger partial charge is 0.324 e. The summed E-state index contributed by atoms with van der Waals surface area (Å²) in [4.78, 5) is 32.8. The second kappa shape index (κ2) is 12.2. The summed E-state index contributed by atoms with van der Waals surface area (Å²) in [6, 6.07) is 11.1. The van der Waals surface area contributed by atoms with Crippen LogP contribution in [0.5, 0.6) is 11.5 Å². The Morgan fingerprint density at radius 2 is 1.90 bits per heavy atom. The lowest BCUT2D eigenvalue weighted by atomic mass is 9.94. The summed E-state index contributed by atoms with van der Waals surface area (Å²) in [5.74, 6) is 1.14. The molecule has 2 N–H and O–H groups in total. The third kappa shape index (κ3) is 5.72. The number of hydrogen-bond acceptors (Lipinski definition) is 6. The van der Waals surface area contributed by atoms with Crippen LogP contribution in [0.1, 0.15) is 49.3 Å². The number of nitrogens with zero attached hydrogens (tertiary/aromatic N) is 3. The lowest BCUT2D eigenvalue weighted by Crippen LogP contribution is -2.48. The maximum absolute atomic E-state index is 13.9. The molecular formula is C30H39N5O4. The van der Waals surface area contributed by atoms with Crippen LogP contribution in [0.4, 0.5) is 10.5 Å². The normalized spacial score (nSPS) is 17.9. The Bertz CT molecular complexity index is 1270. The van der Waals surface area contributed by atoms with Crippen LogP contribution < -0.4 is 14.8 Å². The first-order valence-electron chi connectivity index (χ1n) is 13.5. The average molecular weight is 534 g/mol. The van der Waals surface area contributed by atoms with Gasteiger partial charge < -0.3 is 24.6 Å². The number of carbonyl (C=O) groups is 2. The van der Waals surface area contributed by atoms with E-state index < -0.39 is 0 Å². The SMILES string of the molecule is CCN1CCN(C(=O)C(=N)c2ccccc2NC)CCCC2=C[C@H](C)c3c(cc(OC)cc3OC)CN2C1=O. The van der Waals surface area contributed by atoms with Crippen LogP contribution in [-0.4, -0.2) is 79.8 Å². The first-order valence-corrected chi connectivity index (χ1v) is 13.5. The minimum absolute atomic E-state index is 0.0237. The average Bonchev–Trinajstić information content (AvgIpc) is 3.10. The van der Waals surface area contributed by atoms with Crippen LogP contribution in [0.25, 0.3) is 0 Å². The molecule has 0 aliphatic carbocycles. The van der Waals surface area contributed by atoms with E-state index in [2.05, 4.69) is 18.3 Å². The van der Waals surface area contributed by atoms with Crippen LogP contribution in [-0.2, 0) is 11.3 Å². The number of para-hydroxylation sites is 1. The quantitative estimate of drug-likeness (QED) is 0.526. The van der Waals surface area contributed by atoms with Crippen molar-refractivity contribution < 1.29 is 19.1 Å². The summed E-state index contributed by atoms with van der Waals surface area (Å²) in [6.45, 7) is 6.24. The van der Waals surface area contributed by atoms with E-state index in [9.17, 15) is 9.59 Å². The highest BCUT2D eigenvalue weighted by Gasteiger charge is 2.32. The highest BCUT2D eigenvalue weighted by Crippen LogP contribution is 2.40. The number of nitrogens with one attached hydrogen (secondary N) is 2. The Morgan fingerprint density at radius 3 is 2.59 bits per heavy atom. The van der Waals surface area contributed by atoms with Gasteiger partial charge in [0, 0.05) is 67.7 Å². The van der Waals surface area contributed by atoms with Gasteiger partial charge in [0.2, 0.25) is 0 Å². The van der Waals surface area contributed by atoms with Gasteiger partial charge >= 0.3 is 6.03 Å². The van der Waals surface area contributed by atoms with Crippen LogP contribution in [0.2, 0.25) is 0 Å². The van der Waals surface area contributed by atoms with Crippen molar-refractivity contribution in [3.63, 3.8) is 0 Å². The van der Waals surface area contributed by atoms with Gasteiger partial charge in [0.15, 0.2) is 0 Å². The van der Waals surface area contributed by atoms with Crippen molar-refractivity contribution in [1.82, 2.24) is 14.7 Å². The molecule has 1 atom stereocenters. The maximum Gasteiger partial charge on any atom is 0.324 e. The van der Waals surface area contributed by atoms with E-state index >= 15 is 0 Å². The molecule has 2 aliphatic rings. The number of likely N-dealkylation sites (N-methyl/N-ethyl adjacent to an activating group) is 1. The van der Waals surface area contributed by atoms with E-state index in [1.807, 2.05) is 42.2 Å². The van der Waals surface area contributed by atoms with E-state index in [1.165, 1.54) is 0 Å². The van der Waals surface area contributed by atoms with Gasteiger partial charge in [-0.2, -0.15) is 0 Å². The van der Waals surface area contributed by atoms with Crippen molar-refractivity contribution in [3.8, 4) is 11.5 Å². The van der Waals surface area contributed by atoms with Crippen LogP contribution in [0.15, 0.2) is 48.2 Å². The summed E-state index contributed by atoms with van der Waals surface area (Å²) < 4.78 is 11.2. The number of urea groups is 1. The Balaban J connectivity index is 1.63. The van der Waals surface area contributed by atoms with Crippen molar-refractivity contribution in [1.29, 1.82) is 5.41 Å². The fourth-order valence-corrected chi connectivity index (χ4v) is 5.49. The van der Waals surface area contributed by atoms with E-state index in [4.69, 9.17) is 14.9 Å². The lowest BCUT2D eigenvalue weighted by molar-refractivity contribution is -0.124. The molecule has 0 aromatic heterocycles. The lowest BCUT2D eigenvalue weighted by Gasteiger charge is -2.35. The number of methoxy groups -OCH3 is 2. The number of rotatable bonds is 6. The van der Waals surface area contributed by atoms with Gasteiger partial charge in [-0.1, -0.05) is 31.2 Å². The number of amides is 3. The number of fused-ring (bicyclic) bond motifs is 2. The zero-order chi connectivity index (χ0) is 28.1. The minimum Gasteiger partial charge on any atom is -0.497 e. The first-order chi connectivity index (χ1) is 18.8. The van der Waals surface area contributed by atoms with Gasteiger partial charge in [0.25, 0.3) is 5.91 Å². The number of carbonyl (C=O) groups excluding carboxylic acids is 2. The largest absolute Gasteiger partial charge is 0.497 e. The maximum atomic E-state index is 13.9. The number of hydrogen-bond donors (Lipinski definition) is 2. The van der Waals surface area contributed by atoms with Crippen molar-refractivity contribution in [2.24, 2.45) is 0 Å². The Kier molecular flexibility index (Phi) is 8.79. The van der Waals surface area contributed by atoms with E-state index in [-0.39, 0.29) is 23.6 Å². The third-order valence-electron chi connectivity index (χ3n) is 7.58. The van der Waals surface area contributed by atoms with Crippen molar-refractivity contribution in [3.05, 3.63) is 64.9 Å². The van der Waals surface area contributed by atoms with Gasteiger partial charge in [-0.25, -0.2) is 4.79 Å². The second-order valence-electron chi connectivity index (χ2n) is 9.86. The molecule has 208 valence electrons. The van der Waals surface area contributed by atoms with E-state index in [0.29, 0.717) is 56.9 Å². The Hall–Kier alpha value is -4.01. The monoisotopic (exact) mass is 533 g/mol. The first kappa shape index (κ1) is 28.0. The molecule has 4 rings (SSSR count). The third-order valence-corrected chi connectivity index (χ3v) is 7.58. The fourth-order valence-electron chi connectivity index (χ4n) is 5.49. The molecule has 0 unspecified atom stereocenters. The molecule has 0 radical (unpaired) electrons. The molecule has 0 bridgehead atoms.